The minimum Gasteiger partial charge on any atom is -0.481 e. The Balaban J connectivity index is 2.39. The quantitative estimate of drug-likeness (QED) is 0.446. The minimum absolute atomic E-state index is 0.196. The Morgan fingerprint density at radius 1 is 1.57 bits per heavy atom. The highest BCUT2D eigenvalue weighted by Crippen LogP contribution is 2.16. The average Bonchev–Trinajstić information content (AvgIpc) is 2.53. The molecule has 4 nitrogen and oxygen atoms in total. The van der Waals surface area contributed by atoms with Crippen LogP contribution in [0.1, 0.15) is 22.6 Å². The Labute approximate surface area is 85.5 Å². The van der Waals surface area contributed by atoms with Crippen molar-refractivity contribution >= 4 is 23.5 Å². The molecule has 0 radical (unpaired) electrons. The Morgan fingerprint density at radius 3 is 3.00 bits per heavy atom. The lowest BCUT2D eigenvalue weighted by Crippen LogP contribution is -1.94. The predicted molar refractivity (Wildman–Crippen MR) is 54.3 cm³/mol. The van der Waals surface area contributed by atoms with E-state index in [1.54, 1.807) is 0 Å². The largest absolute Gasteiger partial charge is 0.481 e. The van der Waals surface area contributed by atoms with Crippen LogP contribution in [0.3, 0.4) is 0 Å². The van der Waals surface area contributed by atoms with Crippen LogP contribution in [0.15, 0.2) is 17.3 Å². The Kier molecular flexibility index (Phi) is 4.12. The molecule has 2 N–H and O–H groups in total. The first-order valence-electron chi connectivity index (χ1n) is 4.20. The Hall–Kier alpha value is -1.36. The van der Waals surface area contributed by atoms with Crippen molar-refractivity contribution < 1.29 is 15.1 Å². The maximum atomic E-state index is 10.2. The maximum absolute atomic E-state index is 10.2. The number of carboxylic acid groups (broad SMARTS) is 1. The lowest BCUT2D eigenvalue weighted by molar-refractivity contribution is -0.137. The summed E-state index contributed by atoms with van der Waals surface area (Å²) >= 11 is 1.51. The highest BCUT2D eigenvalue weighted by Gasteiger charge is 2.00. The fraction of sp³-hybridized carbons (Fsp3) is 0.333. The summed E-state index contributed by atoms with van der Waals surface area (Å²) in [6.45, 7) is 0. The second-order valence-electron chi connectivity index (χ2n) is 2.80. The standard InChI is InChI=1S/C9H11NO3S/c11-9(12)3-1-2-7-4-5-8(14-7)6-10-13/h4-6,13H,1-3H2,(H,11,12)/b10-6+. The van der Waals surface area contributed by atoms with Gasteiger partial charge in [0.15, 0.2) is 0 Å². The summed E-state index contributed by atoms with van der Waals surface area (Å²) < 4.78 is 0. The van der Waals surface area contributed by atoms with Gasteiger partial charge < -0.3 is 10.3 Å². The van der Waals surface area contributed by atoms with E-state index in [0.29, 0.717) is 6.42 Å². The molecule has 0 unspecified atom stereocenters. The molecule has 1 rings (SSSR count). The van der Waals surface area contributed by atoms with Crippen molar-refractivity contribution in [3.05, 3.63) is 21.9 Å². The van der Waals surface area contributed by atoms with E-state index < -0.39 is 5.97 Å². The molecule has 0 aliphatic rings. The van der Waals surface area contributed by atoms with E-state index in [1.165, 1.54) is 17.6 Å². The lowest BCUT2D eigenvalue weighted by Gasteiger charge is -1.93. The third-order valence-corrected chi connectivity index (χ3v) is 2.76. The van der Waals surface area contributed by atoms with Gasteiger partial charge in [0.1, 0.15) is 0 Å². The van der Waals surface area contributed by atoms with Crippen LogP contribution < -0.4 is 0 Å². The first-order chi connectivity index (χ1) is 6.72. The van der Waals surface area contributed by atoms with E-state index in [1.807, 2.05) is 12.1 Å². The molecule has 0 aromatic carbocycles. The second-order valence-corrected chi connectivity index (χ2v) is 4.00. The minimum atomic E-state index is -0.765. The number of aliphatic carboxylic acids is 1. The van der Waals surface area contributed by atoms with Crippen LogP contribution in [-0.2, 0) is 11.2 Å². The van der Waals surface area contributed by atoms with Gasteiger partial charge in [-0.15, -0.1) is 11.3 Å². The number of carboxylic acids is 1. The van der Waals surface area contributed by atoms with E-state index >= 15 is 0 Å². The Bertz CT molecular complexity index is 333. The molecular formula is C9H11NO3S. The number of hydrogen-bond donors (Lipinski definition) is 2. The zero-order valence-electron chi connectivity index (χ0n) is 7.51. The number of thiophene rings is 1. The SMILES string of the molecule is O=C(O)CCCc1ccc(/C=N/O)s1. The molecule has 0 fully saturated rings. The predicted octanol–water partition coefficient (Wildman–Crippen LogP) is 1.96. The summed E-state index contributed by atoms with van der Waals surface area (Å²) in [7, 11) is 0. The summed E-state index contributed by atoms with van der Waals surface area (Å²) in [5, 5.41) is 19.6. The van der Waals surface area contributed by atoms with Gasteiger partial charge in [0.2, 0.25) is 0 Å². The van der Waals surface area contributed by atoms with Gasteiger partial charge in [-0.1, -0.05) is 5.16 Å². The molecule has 1 heterocycles. The average molecular weight is 213 g/mol. The van der Waals surface area contributed by atoms with Gasteiger partial charge >= 0.3 is 5.97 Å². The normalized spacial score (nSPS) is 10.9. The van der Waals surface area contributed by atoms with Crippen molar-refractivity contribution in [1.29, 1.82) is 0 Å². The lowest BCUT2D eigenvalue weighted by atomic mass is 10.2. The monoisotopic (exact) mass is 213 g/mol. The number of carbonyl (C=O) groups is 1. The summed E-state index contributed by atoms with van der Waals surface area (Å²) in [5.41, 5.74) is 0. The third-order valence-electron chi connectivity index (χ3n) is 1.68. The molecule has 0 aliphatic carbocycles. The molecule has 14 heavy (non-hydrogen) atoms. The molecular weight excluding hydrogens is 202 g/mol. The highest BCUT2D eigenvalue weighted by molar-refractivity contribution is 7.13. The van der Waals surface area contributed by atoms with E-state index in [0.717, 1.165) is 16.2 Å². The van der Waals surface area contributed by atoms with Crippen LogP contribution in [0.25, 0.3) is 0 Å². The van der Waals surface area contributed by atoms with Crippen molar-refractivity contribution in [2.45, 2.75) is 19.3 Å². The van der Waals surface area contributed by atoms with Crippen LogP contribution in [0.5, 0.6) is 0 Å². The van der Waals surface area contributed by atoms with Crippen LogP contribution in [0, 0.1) is 0 Å². The van der Waals surface area contributed by atoms with E-state index in [-0.39, 0.29) is 6.42 Å². The van der Waals surface area contributed by atoms with Gasteiger partial charge in [-0.05, 0) is 25.0 Å². The zero-order valence-corrected chi connectivity index (χ0v) is 8.33. The van der Waals surface area contributed by atoms with Crippen LogP contribution in [0.2, 0.25) is 0 Å². The van der Waals surface area contributed by atoms with Gasteiger partial charge in [0.05, 0.1) is 6.21 Å². The summed E-state index contributed by atoms with van der Waals surface area (Å²) in [4.78, 5) is 12.2. The number of oxime groups is 1. The van der Waals surface area contributed by atoms with Crippen molar-refractivity contribution in [2.75, 3.05) is 0 Å². The number of rotatable bonds is 5. The number of nitrogens with zero attached hydrogens (tertiary/aromatic N) is 1. The maximum Gasteiger partial charge on any atom is 0.303 e. The molecule has 76 valence electrons. The topological polar surface area (TPSA) is 69.9 Å². The second kappa shape index (κ2) is 5.39. The molecule has 0 saturated heterocycles. The van der Waals surface area contributed by atoms with Gasteiger partial charge in [-0.3, -0.25) is 4.79 Å². The fourth-order valence-electron chi connectivity index (χ4n) is 1.07. The number of aryl methyl sites for hydroxylation is 1. The van der Waals surface area contributed by atoms with Crippen molar-refractivity contribution in [3.63, 3.8) is 0 Å². The molecule has 5 heteroatoms. The van der Waals surface area contributed by atoms with E-state index in [4.69, 9.17) is 10.3 Å². The van der Waals surface area contributed by atoms with Gasteiger partial charge in [-0.25, -0.2) is 0 Å². The van der Waals surface area contributed by atoms with Gasteiger partial charge in [0, 0.05) is 16.2 Å². The summed E-state index contributed by atoms with van der Waals surface area (Å²) in [5.74, 6) is -0.765. The first-order valence-corrected chi connectivity index (χ1v) is 5.02. The first kappa shape index (κ1) is 10.7. The van der Waals surface area contributed by atoms with Gasteiger partial charge in [0.25, 0.3) is 0 Å². The van der Waals surface area contributed by atoms with Crippen molar-refractivity contribution in [3.8, 4) is 0 Å². The van der Waals surface area contributed by atoms with E-state index in [2.05, 4.69) is 5.16 Å². The molecule has 0 spiro atoms. The number of hydrogen-bond acceptors (Lipinski definition) is 4. The molecule has 1 aromatic heterocycles. The van der Waals surface area contributed by atoms with E-state index in [9.17, 15) is 4.79 Å². The molecule has 0 atom stereocenters. The molecule has 1 aromatic rings. The van der Waals surface area contributed by atoms with Crippen LogP contribution in [0.4, 0.5) is 0 Å². The molecule has 0 aliphatic heterocycles. The van der Waals surface area contributed by atoms with Gasteiger partial charge in [-0.2, -0.15) is 0 Å². The van der Waals surface area contributed by atoms with Crippen LogP contribution >= 0.6 is 11.3 Å². The fourth-order valence-corrected chi connectivity index (χ4v) is 1.99. The smallest absolute Gasteiger partial charge is 0.303 e. The molecule has 0 amide bonds. The summed E-state index contributed by atoms with van der Waals surface area (Å²) in [6.07, 6.45) is 2.97. The van der Waals surface area contributed by atoms with Crippen molar-refractivity contribution in [2.24, 2.45) is 5.16 Å². The zero-order chi connectivity index (χ0) is 10.4. The Morgan fingerprint density at radius 2 is 2.36 bits per heavy atom. The van der Waals surface area contributed by atoms with Crippen LogP contribution in [-0.4, -0.2) is 22.5 Å². The molecule has 0 saturated carbocycles. The summed E-state index contributed by atoms with van der Waals surface area (Å²) in [6, 6.07) is 3.77. The molecule has 0 bridgehead atoms. The van der Waals surface area contributed by atoms with Crippen molar-refractivity contribution in [1.82, 2.24) is 0 Å². The highest BCUT2D eigenvalue weighted by atomic mass is 32.1. The third kappa shape index (κ3) is 3.57.